The van der Waals surface area contributed by atoms with E-state index in [-0.39, 0.29) is 47.0 Å². The number of nitrogens with zero attached hydrogens (tertiary/aromatic N) is 14. The van der Waals surface area contributed by atoms with Crippen molar-refractivity contribution in [3.8, 4) is 0 Å². The van der Waals surface area contributed by atoms with Crippen molar-refractivity contribution in [2.45, 2.75) is 0 Å². The molecule has 21 heteroatoms. The minimum Gasteiger partial charge on any atom is -0.346 e. The van der Waals surface area contributed by atoms with Crippen LogP contribution in [0, 0.1) is 0 Å². The molecule has 0 aliphatic carbocycles. The standard InChI is InChI=1S/C48H39B3N6.2C34H28B2N4/c1-52-31-19-10-7-16-28(31)49-40-34(52)22-13-25-37(40)55(4)46-43(49)47-45(51-30-18-9-12-21-33(30)54(3)35-23-14-26-38(41(35)51)56(47)5)48-44(46)50-29-17-8-11-20-32(29)53(2)36-24-15-27-39(42(36)50)57(48)6;1-37-25-17-9-5-13-21(25)35-22-14-6-11-19-27(22)39(3)33-29(35)31(37)32-30-34(33)40(4)28-20-12-8-16-24(28)36(30)23-15-7-10-18-26(23)38(32)2;1-37-24-13-7-5-11-21(24)35-23-19-20-30-33(34(23)40(4)29-18-10-15-26(37)31(29)35)36-22-12-6-8-14-25(22)38(2)27-16-9-17-28(32(27)36)39(30)3/h7-27H,1-6H3;2*5-20H,1-4H3. The molecular formula is C116H95B7N14. The number of hydrogen-bond acceptors (Lipinski definition) is 14. The molecule has 0 unspecified atom stereocenters. The van der Waals surface area contributed by atoms with E-state index in [9.17, 15) is 0 Å². The quantitative estimate of drug-likeness (QED) is 0.136. The Bertz CT molecular complexity index is 7690. The highest BCUT2D eigenvalue weighted by Gasteiger charge is 2.58. The molecule has 0 aromatic heterocycles. The van der Waals surface area contributed by atoms with Crippen molar-refractivity contribution < 1.29 is 0 Å². The highest BCUT2D eigenvalue weighted by atomic mass is 15.3. The van der Waals surface area contributed by atoms with Crippen LogP contribution in [0.15, 0.2) is 322 Å². The van der Waals surface area contributed by atoms with E-state index in [1.165, 1.54) is 274 Å². The topological polar surface area (TPSA) is 45.4 Å². The Labute approximate surface area is 804 Å². The van der Waals surface area contributed by atoms with E-state index in [1.807, 2.05) is 0 Å². The summed E-state index contributed by atoms with van der Waals surface area (Å²) in [5.41, 5.74) is 65.6. The summed E-state index contributed by atoms with van der Waals surface area (Å²) in [6, 6.07) is 121. The average molecular weight is 1760 g/mol. The van der Waals surface area contributed by atoms with Gasteiger partial charge in [0.1, 0.15) is 0 Å². The molecule has 137 heavy (non-hydrogen) atoms. The number of benzene rings is 17. The van der Waals surface area contributed by atoms with Crippen molar-refractivity contribution in [1.82, 2.24) is 0 Å². The second-order valence-electron chi connectivity index (χ2n) is 39.9. The molecule has 14 nitrogen and oxygen atoms in total. The lowest BCUT2D eigenvalue weighted by Crippen LogP contribution is -2.72. The van der Waals surface area contributed by atoms with Crippen LogP contribution in [-0.2, 0) is 0 Å². The molecular weight excluding hydrogens is 1670 g/mol. The molecule has 0 spiro atoms. The van der Waals surface area contributed by atoms with Crippen LogP contribution < -0.4 is 183 Å². The maximum atomic E-state index is 2.57. The van der Waals surface area contributed by atoms with Gasteiger partial charge in [0.2, 0.25) is 0 Å². The Hall–Kier alpha value is -15.6. The second-order valence-corrected chi connectivity index (χ2v) is 39.9. The van der Waals surface area contributed by atoms with Gasteiger partial charge < -0.3 is 68.6 Å². The van der Waals surface area contributed by atoms with Gasteiger partial charge in [0, 0.05) is 235 Å². The molecule has 0 saturated heterocycles. The summed E-state index contributed by atoms with van der Waals surface area (Å²) in [6.07, 6.45) is 0. The van der Waals surface area contributed by atoms with Gasteiger partial charge in [-0.3, -0.25) is 0 Å². The van der Waals surface area contributed by atoms with E-state index < -0.39 is 0 Å². The molecule has 14 aliphatic rings. The van der Waals surface area contributed by atoms with Crippen molar-refractivity contribution in [2.24, 2.45) is 0 Å². The molecule has 14 aliphatic heterocycles. The minimum absolute atomic E-state index is 0.0333. The third-order valence-electron chi connectivity index (χ3n) is 34.2. The Morgan fingerprint density at radius 2 is 0.248 bits per heavy atom. The molecule has 0 N–H and O–H groups in total. The van der Waals surface area contributed by atoms with Gasteiger partial charge in [0.25, 0.3) is 47.0 Å². The van der Waals surface area contributed by atoms with Gasteiger partial charge in [-0.05, 0) is 236 Å². The highest BCUT2D eigenvalue weighted by molar-refractivity contribution is 7.10. The zero-order valence-electron chi connectivity index (χ0n) is 79.4. The predicted octanol–water partition coefficient (Wildman–Crippen LogP) is 9.81. The van der Waals surface area contributed by atoms with Crippen LogP contribution in [0.5, 0.6) is 0 Å². The first-order valence-corrected chi connectivity index (χ1v) is 48.4. The third kappa shape index (κ3) is 9.83. The van der Waals surface area contributed by atoms with Gasteiger partial charge in [-0.25, -0.2) is 0 Å². The van der Waals surface area contributed by atoms with E-state index in [1.54, 1.807) is 0 Å². The number of anilines is 28. The normalized spacial score (nSPS) is 15.4. The summed E-state index contributed by atoms with van der Waals surface area (Å²) in [5.74, 6) is 0. The molecule has 0 bridgehead atoms. The molecule has 0 radical (unpaired) electrons. The molecule has 17 aromatic carbocycles. The van der Waals surface area contributed by atoms with E-state index in [2.05, 4.69) is 489 Å². The minimum atomic E-state index is 0.0333. The number of rotatable bonds is 0. The van der Waals surface area contributed by atoms with Crippen molar-refractivity contribution in [3.05, 3.63) is 322 Å². The fourth-order valence-electron chi connectivity index (χ4n) is 28.6. The smallest absolute Gasteiger partial charge is 0.254 e. The molecule has 31 rings (SSSR count). The average Bonchev–Trinajstić information content (AvgIpc) is 0.658. The molecule has 0 amide bonds. The van der Waals surface area contributed by atoms with Gasteiger partial charge in [-0.2, -0.15) is 0 Å². The van der Waals surface area contributed by atoms with Gasteiger partial charge in [0.05, 0.1) is 22.7 Å². The van der Waals surface area contributed by atoms with Crippen LogP contribution in [0.25, 0.3) is 0 Å². The van der Waals surface area contributed by atoms with Crippen LogP contribution in [0.4, 0.5) is 159 Å². The zero-order chi connectivity index (χ0) is 91.9. The Balaban J connectivity index is 0.000000102. The fourth-order valence-corrected chi connectivity index (χ4v) is 28.6. The maximum absolute atomic E-state index is 2.57. The third-order valence-corrected chi connectivity index (χ3v) is 34.2. The van der Waals surface area contributed by atoms with Gasteiger partial charge in [0.15, 0.2) is 0 Å². The van der Waals surface area contributed by atoms with E-state index >= 15 is 0 Å². The SMILES string of the molecule is CN1c2ccccc2B2c3c1cccc3N(C)c1c3c(c4c(c12)N(C)c1cccc2c1B4c1ccccc1N2C)N(C)c1cccc2c1B3c1ccccc1N2C.CN1c2ccccc2B2c3c1cccc3N(C)c1ccc3c(c12)N(C)c1cccc2c1B3c1ccccc1N2C.CN1c2ccccc2B2c3ccccc3N(C)c3c2c1c1c2c3N(C)c3ccccc3B2c2ccccc2N1C. The summed E-state index contributed by atoms with van der Waals surface area (Å²) in [7, 11) is 31.7. The summed E-state index contributed by atoms with van der Waals surface area (Å²) >= 11 is 0. The molecule has 14 heterocycles. The first-order chi connectivity index (χ1) is 67.0. The highest BCUT2D eigenvalue weighted by Crippen LogP contribution is 2.53. The van der Waals surface area contributed by atoms with Crippen molar-refractivity contribution >= 4 is 321 Å². The summed E-state index contributed by atoms with van der Waals surface area (Å²) in [6.45, 7) is 0.789. The molecule has 650 valence electrons. The zero-order valence-corrected chi connectivity index (χ0v) is 79.4. The maximum Gasteiger partial charge on any atom is 0.254 e. The fraction of sp³-hybridized carbons (Fsp3) is 0.121. The van der Waals surface area contributed by atoms with Crippen molar-refractivity contribution in [3.63, 3.8) is 0 Å². The van der Waals surface area contributed by atoms with Gasteiger partial charge in [-0.15, -0.1) is 0 Å². The van der Waals surface area contributed by atoms with Gasteiger partial charge >= 0.3 is 0 Å². The lowest BCUT2D eigenvalue weighted by molar-refractivity contribution is 1.12. The van der Waals surface area contributed by atoms with Crippen molar-refractivity contribution in [1.29, 1.82) is 0 Å². The summed E-state index contributed by atoms with van der Waals surface area (Å²) in [5, 5.41) is 0. The second kappa shape index (κ2) is 28.0. The van der Waals surface area contributed by atoms with Crippen LogP contribution in [0.2, 0.25) is 0 Å². The first kappa shape index (κ1) is 78.8. The van der Waals surface area contributed by atoms with E-state index in [0.717, 1.165) is 0 Å². The Morgan fingerprint density at radius 1 is 0.102 bits per heavy atom. The lowest BCUT2D eigenvalue weighted by Gasteiger charge is -2.52. The van der Waals surface area contributed by atoms with Crippen LogP contribution in [0.1, 0.15) is 0 Å². The Morgan fingerprint density at radius 3 is 0.489 bits per heavy atom. The number of fused-ring (bicyclic) bond motifs is 34. The van der Waals surface area contributed by atoms with Crippen LogP contribution >= 0.6 is 0 Å². The molecule has 0 fully saturated rings. The lowest BCUT2D eigenvalue weighted by atomic mass is 9.26. The molecule has 0 atom stereocenters. The van der Waals surface area contributed by atoms with Crippen LogP contribution in [-0.4, -0.2) is 146 Å². The van der Waals surface area contributed by atoms with Gasteiger partial charge in [-0.1, -0.05) is 200 Å². The molecule has 0 saturated carbocycles. The number of para-hydroxylation sites is 9. The van der Waals surface area contributed by atoms with Crippen LogP contribution in [0.3, 0.4) is 0 Å². The van der Waals surface area contributed by atoms with Crippen molar-refractivity contribution in [2.75, 3.05) is 167 Å². The Kier molecular flexibility index (Phi) is 16.1. The first-order valence-electron chi connectivity index (χ1n) is 48.4. The largest absolute Gasteiger partial charge is 0.346 e. The monoisotopic (exact) mass is 1760 g/mol. The number of hydrogen-bond donors (Lipinski definition) is 0. The van der Waals surface area contributed by atoms with E-state index in [0.29, 0.717) is 0 Å². The predicted molar refractivity (Wildman–Crippen MR) is 595 cm³/mol. The summed E-state index contributed by atoms with van der Waals surface area (Å²) in [4.78, 5) is 34.4. The van der Waals surface area contributed by atoms with E-state index in [4.69, 9.17) is 0 Å². The summed E-state index contributed by atoms with van der Waals surface area (Å²) < 4.78 is 0. The molecule has 17 aromatic rings.